The molecule has 0 saturated carbocycles. The lowest BCUT2D eigenvalue weighted by Crippen LogP contribution is -2.07. The van der Waals surface area contributed by atoms with Crippen LogP contribution in [0.4, 0.5) is 11.4 Å². The Balaban J connectivity index is 2.68. The second kappa shape index (κ2) is 12.7. The van der Waals surface area contributed by atoms with Crippen molar-refractivity contribution in [3.63, 3.8) is 0 Å². The molecule has 0 aliphatic carbocycles. The highest BCUT2D eigenvalue weighted by molar-refractivity contribution is 5.78. The third kappa shape index (κ3) is 6.03. The maximum absolute atomic E-state index is 6.50. The van der Waals surface area contributed by atoms with Crippen molar-refractivity contribution in [1.29, 1.82) is 0 Å². The molecule has 0 saturated heterocycles. The van der Waals surface area contributed by atoms with Crippen molar-refractivity contribution in [2.24, 2.45) is 0 Å². The second-order valence-electron chi connectivity index (χ2n) is 8.73. The Labute approximate surface area is 185 Å². The molecule has 2 aromatic rings. The fraction of sp³-hybridized carbons (Fsp3) is 0.571. The summed E-state index contributed by atoms with van der Waals surface area (Å²) in [4.78, 5) is 0. The second-order valence-corrected chi connectivity index (χ2v) is 8.73. The summed E-state index contributed by atoms with van der Waals surface area (Å²) in [5.41, 5.74) is 23.5. The molecule has 2 nitrogen and oxygen atoms in total. The van der Waals surface area contributed by atoms with Gasteiger partial charge in [0.15, 0.2) is 0 Å². The quantitative estimate of drug-likeness (QED) is 0.331. The van der Waals surface area contributed by atoms with Crippen molar-refractivity contribution in [2.75, 3.05) is 11.5 Å². The van der Waals surface area contributed by atoms with Crippen LogP contribution in [0.5, 0.6) is 0 Å². The molecule has 2 heteroatoms. The van der Waals surface area contributed by atoms with E-state index in [2.05, 4.69) is 52.0 Å². The van der Waals surface area contributed by atoms with E-state index in [-0.39, 0.29) is 0 Å². The molecule has 0 bridgehead atoms. The summed E-state index contributed by atoms with van der Waals surface area (Å²) in [5, 5.41) is 0. The standard InChI is InChI=1S/C28H44N2/c1-5-9-13-21-23(17-19-27(29)25(21)15-11-7-3)24-18-20-28(30)26(16-12-8-4)22(24)14-10-6-2/h17-20H,5-16,29-30H2,1-4H3. The minimum atomic E-state index is 0.968. The molecule has 0 radical (unpaired) electrons. The molecule has 0 unspecified atom stereocenters. The Hall–Kier alpha value is -1.96. The average Bonchev–Trinajstić information content (AvgIpc) is 2.75. The first-order valence-electron chi connectivity index (χ1n) is 12.4. The molecule has 2 aromatic carbocycles. The van der Waals surface area contributed by atoms with Crippen molar-refractivity contribution >= 4 is 11.4 Å². The predicted octanol–water partition coefficient (Wildman–Crippen LogP) is 7.89. The molecule has 0 fully saturated rings. The average molecular weight is 409 g/mol. The molecule has 30 heavy (non-hydrogen) atoms. The highest BCUT2D eigenvalue weighted by Crippen LogP contribution is 2.37. The van der Waals surface area contributed by atoms with E-state index in [1.54, 1.807) is 0 Å². The maximum atomic E-state index is 6.50. The fourth-order valence-corrected chi connectivity index (χ4v) is 4.50. The molecule has 166 valence electrons. The number of nitrogens with two attached hydrogens (primary N) is 2. The molecule has 0 aromatic heterocycles. The normalized spacial score (nSPS) is 11.2. The van der Waals surface area contributed by atoms with E-state index >= 15 is 0 Å². The summed E-state index contributed by atoms with van der Waals surface area (Å²) >= 11 is 0. The number of benzene rings is 2. The minimum absolute atomic E-state index is 0.968. The van der Waals surface area contributed by atoms with Crippen molar-refractivity contribution in [3.05, 3.63) is 46.5 Å². The molecular weight excluding hydrogens is 364 g/mol. The summed E-state index contributed by atoms with van der Waals surface area (Å²) in [6, 6.07) is 8.84. The third-order valence-corrected chi connectivity index (χ3v) is 6.35. The molecule has 0 spiro atoms. The molecule has 4 N–H and O–H groups in total. The third-order valence-electron chi connectivity index (χ3n) is 6.35. The van der Waals surface area contributed by atoms with Gasteiger partial charge in [-0.3, -0.25) is 0 Å². The fourth-order valence-electron chi connectivity index (χ4n) is 4.50. The summed E-state index contributed by atoms with van der Waals surface area (Å²) < 4.78 is 0. The van der Waals surface area contributed by atoms with E-state index in [1.807, 2.05) is 0 Å². The monoisotopic (exact) mass is 408 g/mol. The zero-order valence-corrected chi connectivity index (χ0v) is 19.9. The Morgan fingerprint density at radius 2 is 0.767 bits per heavy atom. The van der Waals surface area contributed by atoms with Crippen LogP contribution in [0.2, 0.25) is 0 Å². The van der Waals surface area contributed by atoms with Crippen molar-refractivity contribution in [1.82, 2.24) is 0 Å². The highest BCUT2D eigenvalue weighted by atomic mass is 14.6. The van der Waals surface area contributed by atoms with Crippen LogP contribution >= 0.6 is 0 Å². The van der Waals surface area contributed by atoms with E-state index in [9.17, 15) is 0 Å². The Morgan fingerprint density at radius 3 is 1.07 bits per heavy atom. The van der Waals surface area contributed by atoms with E-state index in [4.69, 9.17) is 11.5 Å². The first-order valence-corrected chi connectivity index (χ1v) is 12.4. The van der Waals surface area contributed by atoms with Gasteiger partial charge in [0.25, 0.3) is 0 Å². The molecular formula is C28H44N2. The minimum Gasteiger partial charge on any atom is -0.398 e. The van der Waals surface area contributed by atoms with Gasteiger partial charge in [0.2, 0.25) is 0 Å². The lowest BCUT2D eigenvalue weighted by atomic mass is 9.83. The van der Waals surface area contributed by atoms with E-state index < -0.39 is 0 Å². The van der Waals surface area contributed by atoms with Crippen molar-refractivity contribution < 1.29 is 0 Å². The van der Waals surface area contributed by atoms with Crippen LogP contribution in [-0.4, -0.2) is 0 Å². The predicted molar refractivity (Wildman–Crippen MR) is 135 cm³/mol. The molecule has 0 amide bonds. The van der Waals surface area contributed by atoms with Crippen LogP contribution in [0.15, 0.2) is 24.3 Å². The van der Waals surface area contributed by atoms with Gasteiger partial charge < -0.3 is 11.5 Å². The highest BCUT2D eigenvalue weighted by Gasteiger charge is 2.18. The number of unbranched alkanes of at least 4 members (excludes halogenated alkanes) is 4. The van der Waals surface area contributed by atoms with Gasteiger partial charge in [0, 0.05) is 11.4 Å². The van der Waals surface area contributed by atoms with Crippen LogP contribution in [0.25, 0.3) is 11.1 Å². The number of hydrogen-bond acceptors (Lipinski definition) is 2. The lowest BCUT2D eigenvalue weighted by Gasteiger charge is -2.22. The van der Waals surface area contributed by atoms with Crippen LogP contribution < -0.4 is 11.5 Å². The van der Waals surface area contributed by atoms with E-state index in [0.29, 0.717) is 0 Å². The molecule has 0 atom stereocenters. The van der Waals surface area contributed by atoms with Gasteiger partial charge in [-0.25, -0.2) is 0 Å². The number of nitrogen functional groups attached to an aromatic ring is 2. The first-order chi connectivity index (χ1) is 14.6. The Bertz CT molecular complexity index is 724. The Morgan fingerprint density at radius 1 is 0.467 bits per heavy atom. The van der Waals surface area contributed by atoms with E-state index in [0.717, 1.165) is 37.1 Å². The molecule has 0 aliphatic heterocycles. The summed E-state index contributed by atoms with van der Waals surface area (Å²) in [6.45, 7) is 9.07. The smallest absolute Gasteiger partial charge is 0.0349 e. The maximum Gasteiger partial charge on any atom is 0.0349 e. The largest absolute Gasteiger partial charge is 0.398 e. The van der Waals surface area contributed by atoms with Gasteiger partial charge >= 0.3 is 0 Å². The zero-order chi connectivity index (χ0) is 21.9. The summed E-state index contributed by atoms with van der Waals surface area (Å²) in [5.74, 6) is 0. The van der Waals surface area contributed by atoms with Gasteiger partial charge in [0.1, 0.15) is 0 Å². The molecule has 0 heterocycles. The van der Waals surface area contributed by atoms with E-state index in [1.165, 1.54) is 84.7 Å². The van der Waals surface area contributed by atoms with Gasteiger partial charge in [-0.15, -0.1) is 0 Å². The van der Waals surface area contributed by atoms with Crippen LogP contribution in [0.3, 0.4) is 0 Å². The van der Waals surface area contributed by atoms with Gasteiger partial charge in [-0.05, 0) is 96.9 Å². The number of hydrogen-bond donors (Lipinski definition) is 2. The summed E-state index contributed by atoms with van der Waals surface area (Å²) in [6.07, 6.45) is 14.0. The lowest BCUT2D eigenvalue weighted by molar-refractivity contribution is 0.756. The number of rotatable bonds is 13. The summed E-state index contributed by atoms with van der Waals surface area (Å²) in [7, 11) is 0. The Kier molecular flexibility index (Phi) is 10.3. The first kappa shape index (κ1) is 24.3. The van der Waals surface area contributed by atoms with Crippen molar-refractivity contribution in [3.8, 4) is 11.1 Å². The van der Waals surface area contributed by atoms with Crippen LogP contribution in [0.1, 0.15) is 101 Å². The van der Waals surface area contributed by atoms with Crippen LogP contribution in [-0.2, 0) is 25.7 Å². The SMILES string of the molecule is CCCCc1c(N)ccc(-c2ccc(N)c(CCCC)c2CCCC)c1CCCC. The molecule has 0 aliphatic rings. The van der Waals surface area contributed by atoms with Gasteiger partial charge in [0.05, 0.1) is 0 Å². The van der Waals surface area contributed by atoms with Gasteiger partial charge in [-0.2, -0.15) is 0 Å². The van der Waals surface area contributed by atoms with Crippen LogP contribution in [0, 0.1) is 0 Å². The topological polar surface area (TPSA) is 52.0 Å². The zero-order valence-electron chi connectivity index (χ0n) is 19.9. The van der Waals surface area contributed by atoms with Gasteiger partial charge in [-0.1, -0.05) is 65.5 Å². The van der Waals surface area contributed by atoms with Crippen molar-refractivity contribution in [2.45, 2.75) is 105 Å². The number of anilines is 2. The molecule has 2 rings (SSSR count).